The fraction of sp³-hybridized carbons (Fsp3) is 0.500. The number of amides is 2. The van der Waals surface area contributed by atoms with Gasteiger partial charge in [-0.25, -0.2) is 9.78 Å². The fourth-order valence-electron chi connectivity index (χ4n) is 3.24. The van der Waals surface area contributed by atoms with Crippen LogP contribution in [0.15, 0.2) is 36.7 Å². The van der Waals surface area contributed by atoms with Gasteiger partial charge < -0.3 is 10.2 Å². The molecule has 0 saturated carbocycles. The molecule has 2 heterocycles. The van der Waals surface area contributed by atoms with E-state index < -0.39 is 0 Å². The van der Waals surface area contributed by atoms with Gasteiger partial charge in [-0.1, -0.05) is 30.3 Å². The van der Waals surface area contributed by atoms with E-state index in [0.29, 0.717) is 12.4 Å². The van der Waals surface area contributed by atoms with Crippen LogP contribution in [-0.4, -0.2) is 56.8 Å². The average molecular weight is 342 g/mol. The van der Waals surface area contributed by atoms with Gasteiger partial charge in [-0.05, 0) is 24.9 Å². The van der Waals surface area contributed by atoms with E-state index in [1.165, 1.54) is 5.56 Å². The van der Waals surface area contributed by atoms with Gasteiger partial charge in [0, 0.05) is 33.2 Å². The molecule has 0 bridgehead atoms. The predicted octanol–water partition coefficient (Wildman–Crippen LogP) is 1.62. The monoisotopic (exact) mass is 342 g/mol. The maximum atomic E-state index is 12.4. The number of rotatable bonds is 5. The highest BCUT2D eigenvalue weighted by Gasteiger charge is 2.26. The molecule has 0 radical (unpaired) electrons. The zero-order valence-electron chi connectivity index (χ0n) is 14.9. The van der Waals surface area contributed by atoms with Crippen molar-refractivity contribution in [2.75, 3.05) is 20.1 Å². The van der Waals surface area contributed by atoms with Gasteiger partial charge in [0.2, 0.25) is 0 Å². The summed E-state index contributed by atoms with van der Waals surface area (Å²) in [5.41, 5.74) is 1.32. The van der Waals surface area contributed by atoms with Crippen molar-refractivity contribution in [1.29, 1.82) is 0 Å². The predicted molar refractivity (Wildman–Crippen MR) is 95.7 cm³/mol. The topological polar surface area (TPSA) is 66.3 Å². The summed E-state index contributed by atoms with van der Waals surface area (Å²) in [4.78, 5) is 20.8. The second-order valence-corrected chi connectivity index (χ2v) is 6.62. The van der Waals surface area contributed by atoms with Crippen molar-refractivity contribution in [3.8, 4) is 0 Å². The van der Waals surface area contributed by atoms with Crippen LogP contribution in [0.3, 0.4) is 0 Å². The van der Waals surface area contributed by atoms with E-state index in [-0.39, 0.29) is 12.1 Å². The molecule has 1 aliphatic heterocycles. The van der Waals surface area contributed by atoms with E-state index in [1.54, 1.807) is 11.0 Å². The molecule has 25 heavy (non-hydrogen) atoms. The standard InChI is InChI=1S/C18H26N6O/c1-22-14-20-17(21-22)11-19-18(25)23(2)16-9-6-10-24(13-16)12-15-7-4-3-5-8-15/h3-5,7-8,14,16H,6,9-13H2,1-2H3,(H,19,25)/t16-/m1/s1. The smallest absolute Gasteiger partial charge is 0.317 e. The van der Waals surface area contributed by atoms with E-state index in [1.807, 2.05) is 25.1 Å². The first kappa shape index (κ1) is 17.4. The molecule has 1 saturated heterocycles. The first-order chi connectivity index (χ1) is 12.1. The SMILES string of the molecule is CN(C(=O)NCc1ncn(C)n1)[C@@H]1CCCN(Cc2ccccc2)C1. The van der Waals surface area contributed by atoms with Crippen molar-refractivity contribution in [3.05, 3.63) is 48.0 Å². The number of nitrogens with zero attached hydrogens (tertiary/aromatic N) is 5. The number of carbonyl (C=O) groups is 1. The summed E-state index contributed by atoms with van der Waals surface area (Å²) in [6.07, 6.45) is 3.78. The van der Waals surface area contributed by atoms with Crippen LogP contribution in [0.2, 0.25) is 0 Å². The lowest BCUT2D eigenvalue weighted by molar-refractivity contribution is 0.121. The Kier molecular flexibility index (Phi) is 5.65. The van der Waals surface area contributed by atoms with Crippen LogP contribution in [0.25, 0.3) is 0 Å². The normalized spacial score (nSPS) is 18.1. The summed E-state index contributed by atoms with van der Waals surface area (Å²) in [7, 11) is 3.69. The zero-order valence-corrected chi connectivity index (χ0v) is 14.9. The second kappa shape index (κ2) is 8.11. The number of aryl methyl sites for hydroxylation is 1. The van der Waals surface area contributed by atoms with Crippen molar-refractivity contribution in [3.63, 3.8) is 0 Å². The van der Waals surface area contributed by atoms with Crippen LogP contribution < -0.4 is 5.32 Å². The van der Waals surface area contributed by atoms with Gasteiger partial charge in [0.1, 0.15) is 6.33 Å². The van der Waals surface area contributed by atoms with Crippen LogP contribution in [0.4, 0.5) is 4.79 Å². The van der Waals surface area contributed by atoms with Gasteiger partial charge in [0.05, 0.1) is 6.54 Å². The number of nitrogens with one attached hydrogen (secondary N) is 1. The molecular weight excluding hydrogens is 316 g/mol. The van der Waals surface area contributed by atoms with Gasteiger partial charge in [0.25, 0.3) is 0 Å². The highest BCUT2D eigenvalue weighted by Crippen LogP contribution is 2.17. The Bertz CT molecular complexity index is 686. The molecule has 1 aromatic heterocycles. The third-order valence-corrected chi connectivity index (χ3v) is 4.64. The van der Waals surface area contributed by atoms with Crippen LogP contribution in [0, 0.1) is 0 Å². The maximum Gasteiger partial charge on any atom is 0.317 e. The third-order valence-electron chi connectivity index (χ3n) is 4.64. The van der Waals surface area contributed by atoms with Gasteiger partial charge in [-0.2, -0.15) is 5.10 Å². The highest BCUT2D eigenvalue weighted by molar-refractivity contribution is 5.74. The average Bonchev–Trinajstić information content (AvgIpc) is 3.05. The lowest BCUT2D eigenvalue weighted by Gasteiger charge is -2.37. The summed E-state index contributed by atoms with van der Waals surface area (Å²) in [5, 5.41) is 7.08. The molecule has 0 unspecified atom stereocenters. The van der Waals surface area contributed by atoms with E-state index in [9.17, 15) is 4.79 Å². The molecule has 0 aliphatic carbocycles. The summed E-state index contributed by atoms with van der Waals surface area (Å²) in [6.45, 7) is 3.27. The minimum absolute atomic E-state index is 0.0704. The maximum absolute atomic E-state index is 12.4. The number of likely N-dealkylation sites (tertiary alicyclic amines) is 1. The Morgan fingerprint density at radius 1 is 1.36 bits per heavy atom. The zero-order chi connectivity index (χ0) is 17.6. The highest BCUT2D eigenvalue weighted by atomic mass is 16.2. The minimum Gasteiger partial charge on any atom is -0.331 e. The fourth-order valence-corrected chi connectivity index (χ4v) is 3.24. The summed E-state index contributed by atoms with van der Waals surface area (Å²) in [5.74, 6) is 0.624. The third kappa shape index (κ3) is 4.79. The number of carbonyl (C=O) groups excluding carboxylic acids is 1. The molecule has 7 heteroatoms. The lowest BCUT2D eigenvalue weighted by Crippen LogP contribution is -2.51. The quantitative estimate of drug-likeness (QED) is 0.897. The number of aromatic nitrogens is 3. The van der Waals surface area contributed by atoms with Crippen molar-refractivity contribution in [2.45, 2.75) is 32.0 Å². The minimum atomic E-state index is -0.0704. The molecule has 1 aliphatic rings. The summed E-state index contributed by atoms with van der Waals surface area (Å²) in [6, 6.07) is 10.6. The van der Waals surface area contributed by atoms with Crippen LogP contribution in [-0.2, 0) is 20.1 Å². The summed E-state index contributed by atoms with van der Waals surface area (Å²) >= 11 is 0. The van der Waals surface area contributed by atoms with E-state index in [2.05, 4.69) is 44.6 Å². The van der Waals surface area contributed by atoms with Crippen molar-refractivity contribution in [1.82, 2.24) is 29.9 Å². The molecule has 1 aromatic carbocycles. The van der Waals surface area contributed by atoms with Crippen molar-refractivity contribution < 1.29 is 4.79 Å². The molecule has 0 spiro atoms. The molecule has 1 atom stereocenters. The van der Waals surface area contributed by atoms with E-state index in [4.69, 9.17) is 0 Å². The van der Waals surface area contributed by atoms with Crippen LogP contribution in [0.1, 0.15) is 24.2 Å². The van der Waals surface area contributed by atoms with Gasteiger partial charge in [0.15, 0.2) is 5.82 Å². The number of hydrogen-bond acceptors (Lipinski definition) is 4. The van der Waals surface area contributed by atoms with Crippen molar-refractivity contribution in [2.24, 2.45) is 7.05 Å². The molecular formula is C18H26N6O. The lowest BCUT2D eigenvalue weighted by atomic mass is 10.0. The Morgan fingerprint density at radius 3 is 2.88 bits per heavy atom. The van der Waals surface area contributed by atoms with Gasteiger partial charge >= 0.3 is 6.03 Å². The number of urea groups is 1. The molecule has 7 nitrogen and oxygen atoms in total. The number of likely N-dealkylation sites (N-methyl/N-ethyl adjacent to an activating group) is 1. The molecule has 1 N–H and O–H groups in total. The molecule has 134 valence electrons. The molecule has 1 fully saturated rings. The molecule has 2 amide bonds. The first-order valence-electron chi connectivity index (χ1n) is 8.73. The second-order valence-electron chi connectivity index (χ2n) is 6.62. The Labute approximate surface area is 148 Å². The Hall–Kier alpha value is -2.41. The van der Waals surface area contributed by atoms with E-state index >= 15 is 0 Å². The number of piperidine rings is 1. The number of hydrogen-bond donors (Lipinski definition) is 1. The van der Waals surface area contributed by atoms with Crippen LogP contribution in [0.5, 0.6) is 0 Å². The van der Waals surface area contributed by atoms with Crippen LogP contribution >= 0.6 is 0 Å². The Morgan fingerprint density at radius 2 is 2.16 bits per heavy atom. The molecule has 2 aromatic rings. The first-order valence-corrected chi connectivity index (χ1v) is 8.73. The molecule has 3 rings (SSSR count). The van der Waals surface area contributed by atoms with Crippen molar-refractivity contribution >= 4 is 6.03 Å². The number of benzene rings is 1. The largest absolute Gasteiger partial charge is 0.331 e. The van der Waals surface area contributed by atoms with E-state index in [0.717, 1.165) is 32.5 Å². The van der Waals surface area contributed by atoms with Gasteiger partial charge in [-0.3, -0.25) is 9.58 Å². The van der Waals surface area contributed by atoms with Gasteiger partial charge in [-0.15, -0.1) is 0 Å². The summed E-state index contributed by atoms with van der Waals surface area (Å²) < 4.78 is 1.63. The Balaban J connectivity index is 1.50.